The average molecular weight is 272 g/mol. The summed E-state index contributed by atoms with van der Waals surface area (Å²) in [4.78, 5) is 4.34. The second kappa shape index (κ2) is 4.59. The third-order valence-corrected chi connectivity index (χ3v) is 3.51. The number of imidazole rings is 1. The van der Waals surface area contributed by atoms with Gasteiger partial charge in [0.1, 0.15) is 0 Å². The van der Waals surface area contributed by atoms with Crippen molar-refractivity contribution in [2.75, 3.05) is 5.73 Å². The van der Waals surface area contributed by atoms with E-state index in [9.17, 15) is 0 Å². The quantitative estimate of drug-likeness (QED) is 0.773. The Morgan fingerprint density at radius 1 is 1.16 bits per heavy atom. The van der Waals surface area contributed by atoms with E-state index in [4.69, 9.17) is 17.3 Å². The number of anilines is 1. The van der Waals surface area contributed by atoms with Crippen LogP contribution in [0.3, 0.4) is 0 Å². The zero-order valence-corrected chi connectivity index (χ0v) is 11.4. The van der Waals surface area contributed by atoms with E-state index in [2.05, 4.69) is 36.2 Å². The van der Waals surface area contributed by atoms with Crippen LogP contribution in [0.5, 0.6) is 0 Å². The minimum atomic E-state index is 0.490. The minimum Gasteiger partial charge on any atom is -0.369 e. The van der Waals surface area contributed by atoms with Crippen LogP contribution in [0.25, 0.3) is 11.0 Å². The van der Waals surface area contributed by atoms with Crippen molar-refractivity contribution in [1.82, 2.24) is 9.55 Å². The van der Waals surface area contributed by atoms with Gasteiger partial charge in [-0.15, -0.1) is 0 Å². The Bertz CT molecular complexity index is 729. The Hall–Kier alpha value is -2.00. The van der Waals surface area contributed by atoms with E-state index >= 15 is 0 Å². The molecule has 0 saturated heterocycles. The Morgan fingerprint density at radius 3 is 2.63 bits per heavy atom. The SMILES string of the molecule is Cc1ccc(Cn2c(N)nc3cccc(Cl)c32)cc1. The normalized spacial score (nSPS) is 11.1. The second-order valence-corrected chi connectivity index (χ2v) is 5.06. The van der Waals surface area contributed by atoms with Crippen molar-refractivity contribution < 1.29 is 0 Å². The molecule has 0 amide bonds. The van der Waals surface area contributed by atoms with E-state index in [1.54, 1.807) is 0 Å². The summed E-state index contributed by atoms with van der Waals surface area (Å²) in [5, 5.41) is 0.675. The Balaban J connectivity index is 2.09. The summed E-state index contributed by atoms with van der Waals surface area (Å²) in [6, 6.07) is 14.0. The zero-order valence-electron chi connectivity index (χ0n) is 10.6. The molecular weight excluding hydrogens is 258 g/mol. The highest BCUT2D eigenvalue weighted by molar-refractivity contribution is 6.35. The molecule has 1 heterocycles. The molecular formula is C15H14ClN3. The number of fused-ring (bicyclic) bond motifs is 1. The summed E-state index contributed by atoms with van der Waals surface area (Å²) in [6.45, 7) is 2.74. The lowest BCUT2D eigenvalue weighted by atomic mass is 10.1. The topological polar surface area (TPSA) is 43.8 Å². The van der Waals surface area contributed by atoms with Gasteiger partial charge in [-0.25, -0.2) is 4.98 Å². The second-order valence-electron chi connectivity index (χ2n) is 4.65. The van der Waals surface area contributed by atoms with Crippen molar-refractivity contribution in [1.29, 1.82) is 0 Å². The summed E-state index contributed by atoms with van der Waals surface area (Å²) in [5.74, 6) is 0.490. The van der Waals surface area contributed by atoms with Crippen molar-refractivity contribution in [3.63, 3.8) is 0 Å². The van der Waals surface area contributed by atoms with Gasteiger partial charge in [-0.2, -0.15) is 0 Å². The largest absolute Gasteiger partial charge is 0.369 e. The van der Waals surface area contributed by atoms with Gasteiger partial charge < -0.3 is 10.3 Å². The van der Waals surface area contributed by atoms with Crippen LogP contribution in [0, 0.1) is 6.92 Å². The number of para-hydroxylation sites is 1. The van der Waals surface area contributed by atoms with Gasteiger partial charge in [-0.05, 0) is 24.6 Å². The van der Waals surface area contributed by atoms with E-state index in [1.807, 2.05) is 22.8 Å². The van der Waals surface area contributed by atoms with E-state index in [-0.39, 0.29) is 0 Å². The molecule has 96 valence electrons. The molecule has 3 rings (SSSR count). The fourth-order valence-corrected chi connectivity index (χ4v) is 2.47. The molecule has 0 aliphatic carbocycles. The molecule has 19 heavy (non-hydrogen) atoms. The summed E-state index contributed by atoms with van der Waals surface area (Å²) >= 11 is 6.25. The third kappa shape index (κ3) is 2.17. The number of aromatic nitrogens is 2. The Labute approximate surface area is 116 Å². The van der Waals surface area contributed by atoms with Crippen molar-refractivity contribution in [2.24, 2.45) is 0 Å². The maximum absolute atomic E-state index is 6.25. The van der Waals surface area contributed by atoms with Gasteiger partial charge in [0.25, 0.3) is 0 Å². The smallest absolute Gasteiger partial charge is 0.201 e. The lowest BCUT2D eigenvalue weighted by Gasteiger charge is -2.08. The number of nitrogens with two attached hydrogens (primary N) is 1. The number of nitrogen functional groups attached to an aromatic ring is 1. The number of nitrogens with zero attached hydrogens (tertiary/aromatic N) is 2. The number of aryl methyl sites for hydroxylation is 1. The molecule has 0 bridgehead atoms. The molecule has 2 N–H and O–H groups in total. The average Bonchev–Trinajstić information content (AvgIpc) is 2.70. The van der Waals surface area contributed by atoms with Crippen LogP contribution in [-0.2, 0) is 6.54 Å². The molecule has 3 aromatic rings. The van der Waals surface area contributed by atoms with Crippen molar-refractivity contribution in [3.8, 4) is 0 Å². The fraction of sp³-hybridized carbons (Fsp3) is 0.133. The molecule has 0 fully saturated rings. The fourth-order valence-electron chi connectivity index (χ4n) is 2.20. The van der Waals surface area contributed by atoms with Gasteiger partial charge >= 0.3 is 0 Å². The maximum atomic E-state index is 6.25. The van der Waals surface area contributed by atoms with Crippen molar-refractivity contribution >= 4 is 28.6 Å². The van der Waals surface area contributed by atoms with Crippen LogP contribution in [0.4, 0.5) is 5.95 Å². The molecule has 0 aliphatic rings. The molecule has 0 spiro atoms. The lowest BCUT2D eigenvalue weighted by Crippen LogP contribution is -2.04. The van der Waals surface area contributed by atoms with Crippen molar-refractivity contribution in [3.05, 3.63) is 58.6 Å². The first kappa shape index (κ1) is 12.1. The first-order valence-electron chi connectivity index (χ1n) is 6.11. The molecule has 1 aromatic heterocycles. The van der Waals surface area contributed by atoms with E-state index in [0.717, 1.165) is 11.0 Å². The Kier molecular flexibility index (Phi) is 2.91. The van der Waals surface area contributed by atoms with Gasteiger partial charge in [0.05, 0.1) is 22.6 Å². The summed E-state index contributed by atoms with van der Waals surface area (Å²) in [7, 11) is 0. The molecule has 4 heteroatoms. The number of rotatable bonds is 2. The molecule has 0 saturated carbocycles. The number of hydrogen-bond donors (Lipinski definition) is 1. The van der Waals surface area contributed by atoms with Gasteiger partial charge in [0, 0.05) is 0 Å². The highest BCUT2D eigenvalue weighted by Gasteiger charge is 2.11. The zero-order chi connectivity index (χ0) is 13.4. The number of hydrogen-bond acceptors (Lipinski definition) is 2. The summed E-state index contributed by atoms with van der Waals surface area (Å²) in [5.41, 5.74) is 10.1. The van der Waals surface area contributed by atoms with Crippen LogP contribution >= 0.6 is 11.6 Å². The van der Waals surface area contributed by atoms with Gasteiger partial charge in [0.2, 0.25) is 5.95 Å². The summed E-state index contributed by atoms with van der Waals surface area (Å²) in [6.07, 6.45) is 0. The predicted octanol–water partition coefficient (Wildman–Crippen LogP) is 3.63. The van der Waals surface area contributed by atoms with Crippen LogP contribution in [0.15, 0.2) is 42.5 Å². The molecule has 2 aromatic carbocycles. The summed E-state index contributed by atoms with van der Waals surface area (Å²) < 4.78 is 1.95. The maximum Gasteiger partial charge on any atom is 0.201 e. The minimum absolute atomic E-state index is 0.490. The predicted molar refractivity (Wildman–Crippen MR) is 79.4 cm³/mol. The van der Waals surface area contributed by atoms with Crippen molar-refractivity contribution in [2.45, 2.75) is 13.5 Å². The van der Waals surface area contributed by atoms with Gasteiger partial charge in [-0.1, -0.05) is 47.5 Å². The van der Waals surface area contributed by atoms with E-state index in [0.29, 0.717) is 17.5 Å². The molecule has 0 unspecified atom stereocenters. The molecule has 0 aliphatic heterocycles. The molecule has 0 radical (unpaired) electrons. The van der Waals surface area contributed by atoms with Crippen LogP contribution in [0.2, 0.25) is 5.02 Å². The monoisotopic (exact) mass is 271 g/mol. The first-order valence-corrected chi connectivity index (χ1v) is 6.49. The first-order chi connectivity index (χ1) is 9.15. The van der Waals surface area contributed by atoms with Crippen LogP contribution in [-0.4, -0.2) is 9.55 Å². The lowest BCUT2D eigenvalue weighted by molar-refractivity contribution is 0.838. The third-order valence-electron chi connectivity index (χ3n) is 3.21. The molecule has 3 nitrogen and oxygen atoms in total. The number of halogens is 1. The van der Waals surface area contributed by atoms with E-state index < -0.39 is 0 Å². The molecule has 0 atom stereocenters. The van der Waals surface area contributed by atoms with Crippen LogP contribution in [0.1, 0.15) is 11.1 Å². The van der Waals surface area contributed by atoms with E-state index in [1.165, 1.54) is 11.1 Å². The highest BCUT2D eigenvalue weighted by atomic mass is 35.5. The number of benzene rings is 2. The standard InChI is InChI=1S/C15H14ClN3/c1-10-5-7-11(8-6-10)9-19-14-12(16)3-2-4-13(14)18-15(19)17/h2-8H,9H2,1H3,(H2,17,18). The highest BCUT2D eigenvalue weighted by Crippen LogP contribution is 2.26. The van der Waals surface area contributed by atoms with Gasteiger partial charge in [0.15, 0.2) is 0 Å². The Morgan fingerprint density at radius 2 is 1.89 bits per heavy atom. The van der Waals surface area contributed by atoms with Crippen LogP contribution < -0.4 is 5.73 Å². The van der Waals surface area contributed by atoms with Gasteiger partial charge in [-0.3, -0.25) is 0 Å².